The Morgan fingerprint density at radius 2 is 2.17 bits per heavy atom. The van der Waals surface area contributed by atoms with Gasteiger partial charge in [-0.15, -0.1) is 0 Å². The molecule has 0 aliphatic carbocycles. The number of rotatable bonds is 5. The summed E-state index contributed by atoms with van der Waals surface area (Å²) >= 11 is 0. The molecule has 0 spiro atoms. The van der Waals surface area contributed by atoms with E-state index in [1.54, 1.807) is 4.90 Å². The van der Waals surface area contributed by atoms with Crippen molar-refractivity contribution < 1.29 is 14.7 Å². The van der Waals surface area contributed by atoms with Crippen LogP contribution in [0.2, 0.25) is 0 Å². The van der Waals surface area contributed by atoms with Crippen LogP contribution in [0.25, 0.3) is 0 Å². The summed E-state index contributed by atoms with van der Waals surface area (Å²) in [6, 6.07) is 0.0194. The van der Waals surface area contributed by atoms with E-state index in [0.29, 0.717) is 19.4 Å². The molecular formula is C13H22N2O3. The fraction of sp³-hybridized carbons (Fsp3) is 0.846. The number of likely N-dealkylation sites (tertiary alicyclic amines) is 2. The second-order valence-corrected chi connectivity index (χ2v) is 5.15. The Balaban J connectivity index is 1.70. The first-order valence-electron chi connectivity index (χ1n) is 6.90. The van der Waals surface area contributed by atoms with Crippen LogP contribution in [0, 0.1) is 0 Å². The summed E-state index contributed by atoms with van der Waals surface area (Å²) in [7, 11) is 0. The maximum Gasteiger partial charge on any atom is 0.222 e. The van der Waals surface area contributed by atoms with Crippen molar-refractivity contribution >= 4 is 11.8 Å². The maximum atomic E-state index is 12.0. The lowest BCUT2D eigenvalue weighted by molar-refractivity contribution is -0.133. The summed E-state index contributed by atoms with van der Waals surface area (Å²) in [5.41, 5.74) is 0. The van der Waals surface area contributed by atoms with Crippen LogP contribution in [-0.2, 0) is 9.59 Å². The molecule has 5 heteroatoms. The number of carbonyl (C=O) groups excluding carboxylic acids is 2. The first-order valence-corrected chi connectivity index (χ1v) is 6.90. The van der Waals surface area contributed by atoms with Crippen LogP contribution in [0.1, 0.15) is 38.5 Å². The van der Waals surface area contributed by atoms with Gasteiger partial charge < -0.3 is 14.9 Å². The predicted molar refractivity (Wildman–Crippen MR) is 66.9 cm³/mol. The number of nitrogens with zero attached hydrogens (tertiary/aromatic N) is 2. The zero-order valence-corrected chi connectivity index (χ0v) is 10.8. The average molecular weight is 254 g/mol. The molecular weight excluding hydrogens is 232 g/mol. The lowest BCUT2D eigenvalue weighted by Crippen LogP contribution is -2.38. The maximum absolute atomic E-state index is 12.0. The molecule has 0 bridgehead atoms. The number of hydrogen-bond acceptors (Lipinski definition) is 3. The number of amides is 2. The minimum Gasteiger partial charge on any atom is -0.394 e. The normalized spacial score (nSPS) is 24.1. The van der Waals surface area contributed by atoms with E-state index < -0.39 is 0 Å². The Labute approximate surface area is 108 Å². The van der Waals surface area contributed by atoms with Crippen LogP contribution in [0.5, 0.6) is 0 Å². The molecule has 2 amide bonds. The number of carbonyl (C=O) groups is 2. The summed E-state index contributed by atoms with van der Waals surface area (Å²) < 4.78 is 0. The van der Waals surface area contributed by atoms with E-state index in [1.165, 1.54) is 0 Å². The minimum atomic E-state index is 0.0194. The van der Waals surface area contributed by atoms with Gasteiger partial charge in [0.2, 0.25) is 11.8 Å². The molecule has 0 aromatic rings. The largest absolute Gasteiger partial charge is 0.394 e. The highest BCUT2D eigenvalue weighted by Crippen LogP contribution is 2.18. The van der Waals surface area contributed by atoms with Crippen molar-refractivity contribution in [3.05, 3.63) is 0 Å². The van der Waals surface area contributed by atoms with Crippen molar-refractivity contribution in [2.45, 2.75) is 44.6 Å². The molecule has 0 unspecified atom stereocenters. The summed E-state index contributed by atoms with van der Waals surface area (Å²) in [5, 5.41) is 9.17. The van der Waals surface area contributed by atoms with Crippen molar-refractivity contribution in [3.8, 4) is 0 Å². The first-order chi connectivity index (χ1) is 8.72. The predicted octanol–water partition coefficient (Wildman–Crippen LogP) is 0.372. The molecule has 18 heavy (non-hydrogen) atoms. The van der Waals surface area contributed by atoms with Gasteiger partial charge >= 0.3 is 0 Å². The zero-order valence-electron chi connectivity index (χ0n) is 10.8. The van der Waals surface area contributed by atoms with Gasteiger partial charge in [0.1, 0.15) is 0 Å². The van der Waals surface area contributed by atoms with Crippen molar-refractivity contribution in [2.75, 3.05) is 26.2 Å². The second-order valence-electron chi connectivity index (χ2n) is 5.15. The molecule has 2 aliphatic rings. The number of aliphatic hydroxyl groups excluding tert-OH is 1. The van der Waals surface area contributed by atoms with Gasteiger partial charge in [-0.2, -0.15) is 0 Å². The van der Waals surface area contributed by atoms with Gasteiger partial charge in [-0.3, -0.25) is 9.59 Å². The number of aliphatic hydroxyl groups is 1. The zero-order chi connectivity index (χ0) is 13.0. The molecule has 2 rings (SSSR count). The lowest BCUT2D eigenvalue weighted by Gasteiger charge is -2.23. The van der Waals surface area contributed by atoms with Crippen molar-refractivity contribution in [2.24, 2.45) is 0 Å². The van der Waals surface area contributed by atoms with Gasteiger partial charge in [-0.05, 0) is 25.7 Å². The third-order valence-electron chi connectivity index (χ3n) is 3.90. The fourth-order valence-electron chi connectivity index (χ4n) is 2.86. The Kier molecular flexibility index (Phi) is 4.58. The van der Waals surface area contributed by atoms with Gasteiger partial charge in [-0.25, -0.2) is 0 Å². The van der Waals surface area contributed by atoms with Crippen LogP contribution >= 0.6 is 0 Å². The third kappa shape index (κ3) is 3.02. The monoisotopic (exact) mass is 254 g/mol. The van der Waals surface area contributed by atoms with Crippen LogP contribution in [0.15, 0.2) is 0 Å². The minimum absolute atomic E-state index is 0.0194. The highest BCUT2D eigenvalue weighted by molar-refractivity contribution is 5.78. The molecule has 0 saturated carbocycles. The van der Waals surface area contributed by atoms with E-state index in [4.69, 9.17) is 0 Å². The molecule has 1 N–H and O–H groups in total. The van der Waals surface area contributed by atoms with Crippen LogP contribution in [0.4, 0.5) is 0 Å². The molecule has 2 saturated heterocycles. The summed E-state index contributed by atoms with van der Waals surface area (Å²) in [5.74, 6) is 0.343. The van der Waals surface area contributed by atoms with E-state index in [2.05, 4.69) is 0 Å². The Hall–Kier alpha value is -1.10. The smallest absolute Gasteiger partial charge is 0.222 e. The van der Waals surface area contributed by atoms with Crippen LogP contribution < -0.4 is 0 Å². The quantitative estimate of drug-likeness (QED) is 0.771. The van der Waals surface area contributed by atoms with Gasteiger partial charge in [0.15, 0.2) is 0 Å². The Morgan fingerprint density at radius 3 is 2.83 bits per heavy atom. The van der Waals surface area contributed by atoms with Gasteiger partial charge in [0.25, 0.3) is 0 Å². The topological polar surface area (TPSA) is 60.9 Å². The van der Waals surface area contributed by atoms with Crippen molar-refractivity contribution in [1.82, 2.24) is 9.80 Å². The fourth-order valence-corrected chi connectivity index (χ4v) is 2.86. The Morgan fingerprint density at radius 1 is 1.33 bits per heavy atom. The average Bonchev–Trinajstić information content (AvgIpc) is 2.98. The van der Waals surface area contributed by atoms with E-state index >= 15 is 0 Å². The van der Waals surface area contributed by atoms with E-state index in [-0.39, 0.29) is 24.5 Å². The van der Waals surface area contributed by atoms with Crippen molar-refractivity contribution in [1.29, 1.82) is 0 Å². The molecule has 2 heterocycles. The molecule has 2 fully saturated rings. The van der Waals surface area contributed by atoms with Gasteiger partial charge in [-0.1, -0.05) is 0 Å². The number of hydrogen-bond donors (Lipinski definition) is 1. The highest BCUT2D eigenvalue weighted by Gasteiger charge is 2.27. The molecule has 2 aliphatic heterocycles. The van der Waals surface area contributed by atoms with E-state index in [9.17, 15) is 14.7 Å². The highest BCUT2D eigenvalue weighted by atomic mass is 16.3. The van der Waals surface area contributed by atoms with Crippen LogP contribution in [-0.4, -0.2) is 59.0 Å². The van der Waals surface area contributed by atoms with Crippen LogP contribution in [0.3, 0.4) is 0 Å². The molecule has 1 atom stereocenters. The summed E-state index contributed by atoms with van der Waals surface area (Å²) in [6.07, 6.45) is 4.73. The van der Waals surface area contributed by atoms with Crippen molar-refractivity contribution in [3.63, 3.8) is 0 Å². The summed E-state index contributed by atoms with van der Waals surface area (Å²) in [6.45, 7) is 2.38. The lowest BCUT2D eigenvalue weighted by atomic mass is 10.2. The Bertz CT molecular complexity index is 319. The SMILES string of the molecule is O=C1CCCN1CCCC(=O)N1CCC[C@@H]1CO. The summed E-state index contributed by atoms with van der Waals surface area (Å²) in [4.78, 5) is 27.0. The van der Waals surface area contributed by atoms with E-state index in [0.717, 1.165) is 38.8 Å². The molecule has 0 aromatic heterocycles. The molecule has 5 nitrogen and oxygen atoms in total. The third-order valence-corrected chi connectivity index (χ3v) is 3.90. The standard InChI is InChI=1S/C13H22N2O3/c16-10-11-4-1-9-15(11)13(18)6-3-8-14-7-2-5-12(14)17/h11,16H,1-10H2/t11-/m1/s1. The molecule has 0 radical (unpaired) electrons. The van der Waals surface area contributed by atoms with Gasteiger partial charge in [0.05, 0.1) is 12.6 Å². The van der Waals surface area contributed by atoms with E-state index in [1.807, 2.05) is 4.90 Å². The second kappa shape index (κ2) is 6.18. The van der Waals surface area contributed by atoms with Gasteiger partial charge in [0, 0.05) is 32.5 Å². The molecule has 102 valence electrons. The molecule has 0 aromatic carbocycles. The first kappa shape index (κ1) is 13.3.